The van der Waals surface area contributed by atoms with Crippen molar-refractivity contribution in [2.75, 3.05) is 19.7 Å². The minimum atomic E-state index is -1.11. The Morgan fingerprint density at radius 3 is 2.83 bits per heavy atom. The van der Waals surface area contributed by atoms with Crippen LogP contribution in [0.3, 0.4) is 0 Å². The van der Waals surface area contributed by atoms with Gasteiger partial charge in [-0.3, -0.25) is 0 Å². The first-order valence-electron chi connectivity index (χ1n) is 9.80. The molecule has 0 amide bonds. The van der Waals surface area contributed by atoms with E-state index in [0.717, 1.165) is 29.4 Å². The highest BCUT2D eigenvalue weighted by molar-refractivity contribution is 6.76. The Morgan fingerprint density at radius 2 is 2.14 bits per heavy atom. The van der Waals surface area contributed by atoms with Crippen LogP contribution in [0.5, 0.6) is 0 Å². The minimum absolute atomic E-state index is 0.366. The largest absolute Gasteiger partial charge is 0.361 e. The molecule has 4 rings (SSSR count). The highest BCUT2D eigenvalue weighted by Gasteiger charge is 2.41. The lowest BCUT2D eigenvalue weighted by Gasteiger charge is -2.39. The fourth-order valence-corrected chi connectivity index (χ4v) is 4.11. The summed E-state index contributed by atoms with van der Waals surface area (Å²) in [4.78, 5) is 10.5. The number of aromatic nitrogens is 6. The molecule has 3 aromatic rings. The van der Waals surface area contributed by atoms with E-state index in [1.807, 2.05) is 16.8 Å². The average molecular weight is 411 g/mol. The molecule has 0 bridgehead atoms. The molecule has 9 nitrogen and oxygen atoms in total. The van der Waals surface area contributed by atoms with Crippen LogP contribution in [0.15, 0.2) is 24.8 Å². The number of hydrogen-bond acceptors (Lipinski definition) is 7. The Balaban J connectivity index is 1.55. The summed E-state index contributed by atoms with van der Waals surface area (Å²) in [5, 5.41) is 22.3. The summed E-state index contributed by atoms with van der Waals surface area (Å²) in [7, 11) is -1.11. The van der Waals surface area contributed by atoms with Crippen molar-refractivity contribution in [2.24, 2.45) is 0 Å². The maximum atomic E-state index is 9.15. The van der Waals surface area contributed by atoms with Gasteiger partial charge in [0.2, 0.25) is 0 Å². The molecule has 0 radical (unpaired) electrons. The van der Waals surface area contributed by atoms with E-state index in [-0.39, 0.29) is 5.54 Å². The standard InChI is InChI=1S/C19H26N8OSi/c1-29(2,3)9-8-28-14-26-7-4-15-17(22-13-23-18(15)26)16-10-24-27(25-16)19(5-6-20)11-21-12-19/h4,7,10,13,21H,5,8-9,11-12,14H2,1-3H3. The average Bonchev–Trinajstić information content (AvgIpc) is 3.28. The van der Waals surface area contributed by atoms with E-state index in [1.165, 1.54) is 0 Å². The van der Waals surface area contributed by atoms with Crippen LogP contribution in [-0.2, 0) is 17.0 Å². The van der Waals surface area contributed by atoms with Crippen molar-refractivity contribution in [1.82, 2.24) is 34.8 Å². The molecule has 4 heterocycles. The van der Waals surface area contributed by atoms with Gasteiger partial charge in [-0.1, -0.05) is 19.6 Å². The van der Waals surface area contributed by atoms with Crippen LogP contribution in [0, 0.1) is 11.3 Å². The lowest BCUT2D eigenvalue weighted by molar-refractivity contribution is 0.0899. The van der Waals surface area contributed by atoms with Crippen LogP contribution in [0.4, 0.5) is 0 Å². The Morgan fingerprint density at radius 1 is 1.31 bits per heavy atom. The van der Waals surface area contributed by atoms with Crippen molar-refractivity contribution < 1.29 is 4.74 Å². The molecule has 0 unspecified atom stereocenters. The number of nitriles is 1. The summed E-state index contributed by atoms with van der Waals surface area (Å²) in [6.45, 7) is 9.64. The zero-order chi connectivity index (χ0) is 20.5. The monoisotopic (exact) mass is 410 g/mol. The second kappa shape index (κ2) is 7.66. The van der Waals surface area contributed by atoms with Crippen molar-refractivity contribution in [3.8, 4) is 17.5 Å². The van der Waals surface area contributed by atoms with Gasteiger partial charge in [-0.15, -0.1) is 0 Å². The molecule has 29 heavy (non-hydrogen) atoms. The predicted molar refractivity (Wildman–Crippen MR) is 112 cm³/mol. The van der Waals surface area contributed by atoms with E-state index in [1.54, 1.807) is 17.3 Å². The molecule has 0 spiro atoms. The van der Waals surface area contributed by atoms with Gasteiger partial charge in [-0.25, -0.2) is 9.97 Å². The highest BCUT2D eigenvalue weighted by Crippen LogP contribution is 2.28. The lowest BCUT2D eigenvalue weighted by atomic mass is 9.90. The Kier molecular flexibility index (Phi) is 5.20. The molecule has 10 heteroatoms. The van der Waals surface area contributed by atoms with Crippen LogP contribution < -0.4 is 5.32 Å². The summed E-state index contributed by atoms with van der Waals surface area (Å²) in [5.74, 6) is 0. The molecule has 152 valence electrons. The summed E-state index contributed by atoms with van der Waals surface area (Å²) < 4.78 is 7.86. The van der Waals surface area contributed by atoms with E-state index in [9.17, 15) is 0 Å². The normalized spacial score (nSPS) is 15.9. The van der Waals surface area contributed by atoms with Crippen molar-refractivity contribution >= 4 is 19.1 Å². The Hall–Kier alpha value is -2.61. The third-order valence-electron chi connectivity index (χ3n) is 5.26. The molecule has 0 atom stereocenters. The Labute approximate surface area is 170 Å². The first-order valence-corrected chi connectivity index (χ1v) is 13.5. The molecule has 1 N–H and O–H groups in total. The van der Waals surface area contributed by atoms with Gasteiger partial charge >= 0.3 is 0 Å². The van der Waals surface area contributed by atoms with Crippen LogP contribution in [0.2, 0.25) is 25.7 Å². The van der Waals surface area contributed by atoms with Crippen molar-refractivity contribution in [1.29, 1.82) is 5.26 Å². The summed E-state index contributed by atoms with van der Waals surface area (Å²) in [6.07, 6.45) is 5.60. The summed E-state index contributed by atoms with van der Waals surface area (Å²) >= 11 is 0. The third-order valence-corrected chi connectivity index (χ3v) is 6.96. The van der Waals surface area contributed by atoms with Crippen molar-refractivity contribution in [3.63, 3.8) is 0 Å². The van der Waals surface area contributed by atoms with Crippen molar-refractivity contribution in [3.05, 3.63) is 24.8 Å². The molecular formula is C19H26N8OSi. The van der Waals surface area contributed by atoms with E-state index in [0.29, 0.717) is 31.9 Å². The zero-order valence-corrected chi connectivity index (χ0v) is 18.1. The van der Waals surface area contributed by atoms with Gasteiger partial charge in [0.15, 0.2) is 0 Å². The number of ether oxygens (including phenoxy) is 1. The molecule has 0 saturated carbocycles. The molecule has 0 aromatic carbocycles. The van der Waals surface area contributed by atoms with Crippen LogP contribution in [0.25, 0.3) is 22.4 Å². The van der Waals surface area contributed by atoms with E-state index in [2.05, 4.69) is 51.2 Å². The molecule has 3 aromatic heterocycles. The van der Waals surface area contributed by atoms with Gasteiger partial charge in [-0.2, -0.15) is 20.3 Å². The molecule has 1 fully saturated rings. The zero-order valence-electron chi connectivity index (χ0n) is 17.1. The van der Waals surface area contributed by atoms with Gasteiger partial charge in [0, 0.05) is 39.4 Å². The van der Waals surface area contributed by atoms with Gasteiger partial charge in [0.25, 0.3) is 0 Å². The predicted octanol–water partition coefficient (Wildman–Crippen LogP) is 2.21. The third kappa shape index (κ3) is 3.94. The molecule has 1 saturated heterocycles. The van der Waals surface area contributed by atoms with Crippen LogP contribution in [0.1, 0.15) is 6.42 Å². The highest BCUT2D eigenvalue weighted by atomic mass is 28.3. The number of hydrogen-bond donors (Lipinski definition) is 1. The van der Waals surface area contributed by atoms with Crippen LogP contribution >= 0.6 is 0 Å². The minimum Gasteiger partial charge on any atom is -0.361 e. The van der Waals surface area contributed by atoms with Crippen molar-refractivity contribution in [2.45, 2.75) is 44.4 Å². The number of rotatable bonds is 8. The molecule has 1 aliphatic heterocycles. The van der Waals surface area contributed by atoms with E-state index < -0.39 is 8.07 Å². The van der Waals surface area contributed by atoms with E-state index in [4.69, 9.17) is 10.00 Å². The summed E-state index contributed by atoms with van der Waals surface area (Å²) in [5.41, 5.74) is 1.87. The molecule has 1 aliphatic rings. The SMILES string of the molecule is C[Si](C)(C)CCOCn1ccc2c(-c3cnn(C4(CC#N)CNC4)n3)ncnc21. The fourth-order valence-electron chi connectivity index (χ4n) is 3.35. The first kappa shape index (κ1) is 19.7. The topological polar surface area (TPSA) is 106 Å². The summed E-state index contributed by atoms with van der Waals surface area (Å²) in [6, 6.07) is 5.36. The number of nitrogens with zero attached hydrogens (tertiary/aromatic N) is 7. The lowest BCUT2D eigenvalue weighted by Crippen LogP contribution is -2.61. The quantitative estimate of drug-likeness (QED) is 0.448. The first-order chi connectivity index (χ1) is 13.9. The molecular weight excluding hydrogens is 384 g/mol. The fraction of sp³-hybridized carbons (Fsp3) is 0.526. The smallest absolute Gasteiger partial charge is 0.145 e. The second-order valence-corrected chi connectivity index (χ2v) is 14.4. The van der Waals surface area contributed by atoms with Gasteiger partial charge in [0.05, 0.1) is 18.7 Å². The maximum Gasteiger partial charge on any atom is 0.145 e. The molecule has 0 aliphatic carbocycles. The van der Waals surface area contributed by atoms with Gasteiger partial charge < -0.3 is 14.6 Å². The van der Waals surface area contributed by atoms with Gasteiger partial charge in [0.1, 0.15) is 35.6 Å². The number of fused-ring (bicyclic) bond motifs is 1. The number of nitrogens with one attached hydrogen (secondary N) is 1. The Bertz CT molecular complexity index is 1040. The maximum absolute atomic E-state index is 9.15. The van der Waals surface area contributed by atoms with Gasteiger partial charge in [-0.05, 0) is 12.1 Å². The van der Waals surface area contributed by atoms with E-state index >= 15 is 0 Å². The van der Waals surface area contributed by atoms with Crippen LogP contribution in [-0.4, -0.2) is 57.3 Å². The second-order valence-electron chi connectivity index (χ2n) is 8.78.